The van der Waals surface area contributed by atoms with Gasteiger partial charge in [-0.2, -0.15) is 0 Å². The molecule has 0 spiro atoms. The Kier molecular flexibility index (Phi) is 4.19. The summed E-state index contributed by atoms with van der Waals surface area (Å²) in [6.07, 6.45) is 1.10. The van der Waals surface area contributed by atoms with Crippen LogP contribution in [0.4, 0.5) is 11.6 Å². The van der Waals surface area contributed by atoms with Gasteiger partial charge in [-0.15, -0.1) is 0 Å². The first kappa shape index (κ1) is 15.8. The number of aromatic nitrogens is 4. The molecule has 4 rings (SSSR count). The minimum Gasteiger partial charge on any atom is -0.363 e. The van der Waals surface area contributed by atoms with Gasteiger partial charge < -0.3 is 15.1 Å². The third-order valence-corrected chi connectivity index (χ3v) is 4.59. The first-order valence-corrected chi connectivity index (χ1v) is 8.40. The fraction of sp³-hybridized carbons (Fsp3) is 0.412. The Bertz CT molecular complexity index is 849. The van der Waals surface area contributed by atoms with Crippen LogP contribution in [-0.2, 0) is 6.54 Å². The molecule has 1 unspecified atom stereocenters. The SMILES string of the molecule is CN(C)C1CCN(c2nc3nonc3nc2NCc2ccccc2)C1. The second-order valence-electron chi connectivity index (χ2n) is 6.50. The van der Waals surface area contributed by atoms with E-state index in [-0.39, 0.29) is 0 Å². The van der Waals surface area contributed by atoms with E-state index in [1.165, 1.54) is 5.56 Å². The van der Waals surface area contributed by atoms with Crippen LogP contribution in [0.3, 0.4) is 0 Å². The molecule has 1 fully saturated rings. The van der Waals surface area contributed by atoms with E-state index < -0.39 is 0 Å². The van der Waals surface area contributed by atoms with E-state index in [0.29, 0.717) is 29.7 Å². The number of nitrogens with zero attached hydrogens (tertiary/aromatic N) is 6. The van der Waals surface area contributed by atoms with E-state index in [4.69, 9.17) is 4.63 Å². The molecule has 3 aromatic rings. The number of anilines is 2. The number of hydrogen-bond acceptors (Lipinski definition) is 8. The quantitative estimate of drug-likeness (QED) is 0.753. The van der Waals surface area contributed by atoms with Crippen LogP contribution in [0.25, 0.3) is 11.3 Å². The molecule has 0 radical (unpaired) electrons. The largest absolute Gasteiger partial charge is 0.363 e. The molecule has 0 bridgehead atoms. The molecule has 25 heavy (non-hydrogen) atoms. The number of rotatable bonds is 5. The molecule has 0 saturated carbocycles. The summed E-state index contributed by atoms with van der Waals surface area (Å²) in [6, 6.07) is 10.7. The summed E-state index contributed by atoms with van der Waals surface area (Å²) in [6.45, 7) is 2.52. The van der Waals surface area contributed by atoms with Gasteiger partial charge in [0.15, 0.2) is 11.6 Å². The smallest absolute Gasteiger partial charge is 0.245 e. The lowest BCUT2D eigenvalue weighted by Gasteiger charge is -2.22. The zero-order valence-corrected chi connectivity index (χ0v) is 14.4. The summed E-state index contributed by atoms with van der Waals surface area (Å²) in [4.78, 5) is 13.7. The van der Waals surface area contributed by atoms with E-state index in [1.807, 2.05) is 18.2 Å². The van der Waals surface area contributed by atoms with Crippen LogP contribution in [0.2, 0.25) is 0 Å². The molecule has 0 amide bonds. The van der Waals surface area contributed by atoms with Crippen molar-refractivity contribution in [1.29, 1.82) is 0 Å². The van der Waals surface area contributed by atoms with E-state index in [2.05, 4.69) is 61.6 Å². The summed E-state index contributed by atoms with van der Waals surface area (Å²) in [5, 5.41) is 11.1. The van der Waals surface area contributed by atoms with E-state index in [0.717, 1.165) is 25.3 Å². The Labute approximate surface area is 145 Å². The molecule has 1 atom stereocenters. The summed E-state index contributed by atoms with van der Waals surface area (Å²) in [5.41, 5.74) is 2.04. The maximum atomic E-state index is 4.78. The number of nitrogens with one attached hydrogen (secondary N) is 1. The minimum atomic E-state index is 0.419. The van der Waals surface area contributed by atoms with Crippen LogP contribution in [0.15, 0.2) is 35.0 Å². The maximum Gasteiger partial charge on any atom is 0.245 e. The fourth-order valence-electron chi connectivity index (χ4n) is 3.11. The predicted molar refractivity (Wildman–Crippen MR) is 95.5 cm³/mol. The van der Waals surface area contributed by atoms with Crippen LogP contribution in [-0.4, -0.2) is 58.4 Å². The van der Waals surface area contributed by atoms with Crippen molar-refractivity contribution in [2.75, 3.05) is 37.4 Å². The standard InChI is InChI=1S/C17H21N7O/c1-23(2)13-8-9-24(11-13)17-16(18-10-12-6-4-3-5-7-12)19-14-15(20-17)22-25-21-14/h3-7,13H,8-11H2,1-2H3,(H,18,19,21). The molecule has 8 nitrogen and oxygen atoms in total. The molecular formula is C17H21N7O. The summed E-state index contributed by atoms with van der Waals surface area (Å²) in [5.74, 6) is 1.52. The maximum absolute atomic E-state index is 4.78. The van der Waals surface area contributed by atoms with Crippen molar-refractivity contribution in [1.82, 2.24) is 25.2 Å². The monoisotopic (exact) mass is 339 g/mol. The summed E-state index contributed by atoms with van der Waals surface area (Å²) >= 11 is 0. The van der Waals surface area contributed by atoms with Gasteiger partial charge >= 0.3 is 0 Å². The van der Waals surface area contributed by atoms with Crippen LogP contribution < -0.4 is 10.2 Å². The lowest BCUT2D eigenvalue weighted by molar-refractivity contribution is 0.314. The van der Waals surface area contributed by atoms with E-state index >= 15 is 0 Å². The molecule has 1 N–H and O–H groups in total. The zero-order valence-electron chi connectivity index (χ0n) is 14.4. The van der Waals surface area contributed by atoms with Crippen LogP contribution >= 0.6 is 0 Å². The summed E-state index contributed by atoms with van der Waals surface area (Å²) < 4.78 is 4.78. The average molecular weight is 339 g/mol. The fourth-order valence-corrected chi connectivity index (χ4v) is 3.11. The van der Waals surface area contributed by atoms with Gasteiger partial charge in [0.1, 0.15) is 0 Å². The molecule has 2 aromatic heterocycles. The van der Waals surface area contributed by atoms with Gasteiger partial charge in [-0.3, -0.25) is 0 Å². The number of hydrogen-bond donors (Lipinski definition) is 1. The van der Waals surface area contributed by atoms with Crippen molar-refractivity contribution in [3.63, 3.8) is 0 Å². The summed E-state index contributed by atoms with van der Waals surface area (Å²) in [7, 11) is 4.22. The minimum absolute atomic E-state index is 0.419. The molecule has 1 aliphatic rings. The van der Waals surface area contributed by atoms with Gasteiger partial charge in [0.2, 0.25) is 11.3 Å². The third kappa shape index (κ3) is 3.25. The molecule has 1 aromatic carbocycles. The number of benzene rings is 1. The Morgan fingerprint density at radius 3 is 2.64 bits per heavy atom. The van der Waals surface area contributed by atoms with Gasteiger partial charge in [0, 0.05) is 25.7 Å². The first-order valence-electron chi connectivity index (χ1n) is 8.40. The number of fused-ring (bicyclic) bond motifs is 1. The molecule has 0 aliphatic carbocycles. The molecule has 8 heteroatoms. The number of likely N-dealkylation sites (N-methyl/N-ethyl adjacent to an activating group) is 1. The van der Waals surface area contributed by atoms with Crippen LogP contribution in [0.5, 0.6) is 0 Å². The van der Waals surface area contributed by atoms with Gasteiger partial charge in [-0.25, -0.2) is 14.6 Å². The molecule has 1 saturated heterocycles. The third-order valence-electron chi connectivity index (χ3n) is 4.59. The Balaban J connectivity index is 1.62. The van der Waals surface area contributed by atoms with E-state index in [9.17, 15) is 0 Å². The molecule has 130 valence electrons. The van der Waals surface area contributed by atoms with Crippen molar-refractivity contribution in [2.24, 2.45) is 0 Å². The van der Waals surface area contributed by atoms with Gasteiger partial charge in [0.05, 0.1) is 0 Å². The normalized spacial score (nSPS) is 17.6. The zero-order chi connectivity index (χ0) is 17.2. The Hall–Kier alpha value is -2.74. The van der Waals surface area contributed by atoms with Crippen LogP contribution in [0.1, 0.15) is 12.0 Å². The van der Waals surface area contributed by atoms with Crippen molar-refractivity contribution in [3.05, 3.63) is 35.9 Å². The second-order valence-corrected chi connectivity index (χ2v) is 6.50. The highest BCUT2D eigenvalue weighted by Gasteiger charge is 2.28. The van der Waals surface area contributed by atoms with Crippen molar-refractivity contribution >= 4 is 22.9 Å². The first-order chi connectivity index (χ1) is 12.2. The van der Waals surface area contributed by atoms with Crippen molar-refractivity contribution in [2.45, 2.75) is 19.0 Å². The lowest BCUT2D eigenvalue weighted by Crippen LogP contribution is -2.32. The van der Waals surface area contributed by atoms with Crippen molar-refractivity contribution < 1.29 is 4.63 Å². The highest BCUT2D eigenvalue weighted by molar-refractivity contribution is 5.74. The van der Waals surface area contributed by atoms with Crippen molar-refractivity contribution in [3.8, 4) is 0 Å². The average Bonchev–Trinajstić information content (AvgIpc) is 3.29. The molecular weight excluding hydrogens is 318 g/mol. The highest BCUT2D eigenvalue weighted by atomic mass is 16.6. The second kappa shape index (κ2) is 6.64. The lowest BCUT2D eigenvalue weighted by atomic mass is 10.2. The van der Waals surface area contributed by atoms with Gasteiger partial charge in [0.25, 0.3) is 0 Å². The molecule has 3 heterocycles. The highest BCUT2D eigenvalue weighted by Crippen LogP contribution is 2.28. The van der Waals surface area contributed by atoms with Crippen LogP contribution in [0, 0.1) is 0 Å². The molecule has 1 aliphatic heterocycles. The van der Waals surface area contributed by atoms with Gasteiger partial charge in [-0.05, 0) is 36.4 Å². The van der Waals surface area contributed by atoms with Gasteiger partial charge in [-0.1, -0.05) is 30.3 Å². The topological polar surface area (TPSA) is 83.2 Å². The Morgan fingerprint density at radius 2 is 1.92 bits per heavy atom. The Morgan fingerprint density at radius 1 is 1.16 bits per heavy atom. The predicted octanol–water partition coefficient (Wildman–Crippen LogP) is 1.77. The van der Waals surface area contributed by atoms with E-state index in [1.54, 1.807) is 0 Å².